The molecule has 0 heterocycles. The fourth-order valence-electron chi connectivity index (χ4n) is 0.0727. The maximum absolute atomic E-state index is 5.23. The molecule has 0 aliphatic heterocycles. The molecule has 6 heavy (non-hydrogen) atoms. The molecule has 0 bridgehead atoms. The fraction of sp³-hybridized carbons (Fsp3) is 1.00. The van der Waals surface area contributed by atoms with Crippen molar-refractivity contribution in [2.75, 3.05) is 6.61 Å². The van der Waals surface area contributed by atoms with Gasteiger partial charge in [0, 0.05) is 0 Å². The van der Waals surface area contributed by atoms with Gasteiger partial charge in [0.2, 0.25) is 0 Å². The van der Waals surface area contributed by atoms with Crippen LogP contribution in [0.5, 0.6) is 0 Å². The molecule has 0 saturated carbocycles. The van der Waals surface area contributed by atoms with Gasteiger partial charge in [-0.3, -0.25) is 0 Å². The molecule has 4 heteroatoms. The zero-order valence-corrected chi connectivity index (χ0v) is 6.96. The first-order valence-electron chi connectivity index (χ1n) is 1.37. The van der Waals surface area contributed by atoms with Crippen molar-refractivity contribution in [3.05, 3.63) is 0 Å². The predicted molar refractivity (Wildman–Crippen MR) is 27.2 cm³/mol. The van der Waals surface area contributed by atoms with Crippen LogP contribution in [0, 0.1) is 0 Å². The molecule has 0 aliphatic rings. The standard InChI is InChI=1S/C2H3Cl2O.Ga/c3-2(4)1-5;/h2H,1H2;/q-1;+1. The summed E-state index contributed by atoms with van der Waals surface area (Å²) in [5.41, 5.74) is 0. The molecule has 0 fully saturated rings. The predicted octanol–water partition coefficient (Wildman–Crippen LogP) is 0.890. The average Bonchev–Trinajstić information content (AvgIpc) is 1.35. The van der Waals surface area contributed by atoms with E-state index < -0.39 is 0 Å². The van der Waals surface area contributed by atoms with Crippen LogP contribution < -0.4 is 0 Å². The second-order valence-electron chi connectivity index (χ2n) is 0.724. The Kier molecular flexibility index (Phi) is 5.19. The molecule has 0 saturated heterocycles. The first-order valence-corrected chi connectivity index (χ1v) is 3.23. The van der Waals surface area contributed by atoms with Crippen LogP contribution in [0.1, 0.15) is 0 Å². The van der Waals surface area contributed by atoms with Crippen LogP contribution in [0.15, 0.2) is 0 Å². The van der Waals surface area contributed by atoms with Gasteiger partial charge in [-0.1, -0.05) is 0 Å². The Morgan fingerprint density at radius 3 is 2.17 bits per heavy atom. The zero-order valence-electron chi connectivity index (χ0n) is 3.03. The third-order valence-electron chi connectivity index (χ3n) is 0.222. The van der Waals surface area contributed by atoms with Gasteiger partial charge in [0.1, 0.15) is 0 Å². The van der Waals surface area contributed by atoms with Crippen molar-refractivity contribution in [2.45, 2.75) is 4.84 Å². The Bertz CT molecular complexity index is 32.7. The second kappa shape index (κ2) is 4.34. The Hall–Kier alpha value is 1.18. The van der Waals surface area contributed by atoms with Gasteiger partial charge in [-0.2, -0.15) is 0 Å². The first kappa shape index (κ1) is 7.18. The molecular formula is C2H3Cl2GaO. The van der Waals surface area contributed by atoms with Gasteiger partial charge in [-0.15, -0.1) is 0 Å². The van der Waals surface area contributed by atoms with E-state index in [0.717, 1.165) is 0 Å². The van der Waals surface area contributed by atoms with Crippen LogP contribution in [0.3, 0.4) is 0 Å². The Morgan fingerprint density at radius 2 is 2.17 bits per heavy atom. The molecule has 2 radical (unpaired) electrons. The molecule has 0 aromatic rings. The zero-order chi connectivity index (χ0) is 4.99. The summed E-state index contributed by atoms with van der Waals surface area (Å²) < 4.78 is 4.60. The molecule has 0 rings (SSSR count). The Labute approximate surface area is 57.3 Å². The summed E-state index contributed by atoms with van der Waals surface area (Å²) in [6.07, 6.45) is 0. The monoisotopic (exact) mass is 182 g/mol. The quantitative estimate of drug-likeness (QED) is 0.457. The molecule has 0 unspecified atom stereocenters. The first-order chi connectivity index (χ1) is 2.77. The van der Waals surface area contributed by atoms with E-state index in [0.29, 0.717) is 6.61 Å². The summed E-state index contributed by atoms with van der Waals surface area (Å²) in [4.78, 5) is -0.364. The van der Waals surface area contributed by atoms with Gasteiger partial charge >= 0.3 is 57.1 Å². The van der Waals surface area contributed by atoms with E-state index in [4.69, 9.17) is 23.2 Å². The minimum atomic E-state index is -0.364. The SMILES string of the molecule is ClC(Cl)C[O][Ga]. The van der Waals surface area contributed by atoms with Gasteiger partial charge in [-0.25, -0.2) is 0 Å². The van der Waals surface area contributed by atoms with Crippen molar-refractivity contribution < 1.29 is 3.53 Å². The Balaban J connectivity index is 2.63. The van der Waals surface area contributed by atoms with Gasteiger partial charge in [0.05, 0.1) is 0 Å². The van der Waals surface area contributed by atoms with Crippen molar-refractivity contribution in [3.63, 3.8) is 0 Å². The number of rotatable bonds is 2. The van der Waals surface area contributed by atoms with Crippen LogP contribution in [0.25, 0.3) is 0 Å². The normalized spacial score (nSPS) is 9.83. The molecule has 34 valence electrons. The van der Waals surface area contributed by atoms with Crippen LogP contribution in [-0.2, 0) is 3.53 Å². The third-order valence-corrected chi connectivity index (χ3v) is 0.878. The molecule has 0 atom stereocenters. The molecule has 1 nitrogen and oxygen atoms in total. The van der Waals surface area contributed by atoms with E-state index in [9.17, 15) is 0 Å². The van der Waals surface area contributed by atoms with Crippen LogP contribution in [-0.4, -0.2) is 30.4 Å². The van der Waals surface area contributed by atoms with Crippen LogP contribution >= 0.6 is 23.2 Å². The average molecular weight is 184 g/mol. The summed E-state index contributed by atoms with van der Waals surface area (Å²) in [6.45, 7) is 0.434. The maximum atomic E-state index is 5.23. The number of halogens is 2. The molecule has 0 amide bonds. The van der Waals surface area contributed by atoms with E-state index in [1.807, 2.05) is 0 Å². The molecule has 0 spiro atoms. The summed E-state index contributed by atoms with van der Waals surface area (Å²) in [5.74, 6) is 0. The van der Waals surface area contributed by atoms with Gasteiger partial charge in [0.15, 0.2) is 0 Å². The number of alkyl halides is 2. The van der Waals surface area contributed by atoms with E-state index in [1.54, 1.807) is 0 Å². The van der Waals surface area contributed by atoms with E-state index in [-0.39, 0.29) is 4.84 Å². The van der Waals surface area contributed by atoms with Crippen molar-refractivity contribution in [1.82, 2.24) is 0 Å². The van der Waals surface area contributed by atoms with E-state index >= 15 is 0 Å². The molecule has 0 N–H and O–H groups in total. The summed E-state index contributed by atoms with van der Waals surface area (Å²) in [5, 5.41) is 0. The van der Waals surface area contributed by atoms with Crippen LogP contribution in [0.2, 0.25) is 0 Å². The van der Waals surface area contributed by atoms with Crippen molar-refractivity contribution in [2.24, 2.45) is 0 Å². The minimum absolute atomic E-state index is 0.364. The van der Waals surface area contributed by atoms with E-state index in [1.165, 1.54) is 19.0 Å². The molecule has 0 aromatic carbocycles. The number of hydrogen-bond acceptors (Lipinski definition) is 1. The molecule has 0 aliphatic carbocycles. The molecular weight excluding hydrogens is 181 g/mol. The van der Waals surface area contributed by atoms with Crippen LogP contribution in [0.4, 0.5) is 0 Å². The summed E-state index contributed by atoms with van der Waals surface area (Å²) in [7, 11) is 0. The Morgan fingerprint density at radius 1 is 1.67 bits per heavy atom. The van der Waals surface area contributed by atoms with Crippen molar-refractivity contribution in [1.29, 1.82) is 0 Å². The summed E-state index contributed by atoms with van der Waals surface area (Å²) in [6, 6.07) is 0. The van der Waals surface area contributed by atoms with Crippen molar-refractivity contribution in [3.8, 4) is 0 Å². The van der Waals surface area contributed by atoms with Crippen molar-refractivity contribution >= 4 is 42.2 Å². The summed E-state index contributed by atoms with van der Waals surface area (Å²) >= 11 is 11.6. The second-order valence-corrected chi connectivity index (χ2v) is 2.70. The third kappa shape index (κ3) is 5.18. The van der Waals surface area contributed by atoms with Gasteiger partial charge in [0.25, 0.3) is 0 Å². The topological polar surface area (TPSA) is 9.23 Å². The number of hydrogen-bond donors (Lipinski definition) is 0. The fourth-order valence-corrected chi connectivity index (χ4v) is 1.13. The van der Waals surface area contributed by atoms with Gasteiger partial charge < -0.3 is 0 Å². The molecule has 0 aromatic heterocycles. The van der Waals surface area contributed by atoms with E-state index in [2.05, 4.69) is 3.53 Å². The van der Waals surface area contributed by atoms with Gasteiger partial charge in [-0.05, 0) is 0 Å².